The molecule has 0 radical (unpaired) electrons. The molecule has 3 aromatic rings. The summed E-state index contributed by atoms with van der Waals surface area (Å²) in [7, 11) is 1.61. The van der Waals surface area contributed by atoms with Gasteiger partial charge in [0.15, 0.2) is 0 Å². The highest BCUT2D eigenvalue weighted by molar-refractivity contribution is 5.97. The van der Waals surface area contributed by atoms with Crippen LogP contribution in [0.1, 0.15) is 12.0 Å². The minimum absolute atomic E-state index is 0.0145. The van der Waals surface area contributed by atoms with Crippen LogP contribution in [0.2, 0.25) is 0 Å². The van der Waals surface area contributed by atoms with Crippen molar-refractivity contribution in [1.82, 2.24) is 5.32 Å². The Morgan fingerprint density at radius 3 is 2.61 bits per heavy atom. The lowest BCUT2D eigenvalue weighted by Gasteiger charge is -2.17. The van der Waals surface area contributed by atoms with E-state index in [0.717, 1.165) is 27.8 Å². The van der Waals surface area contributed by atoms with Crippen molar-refractivity contribution in [1.29, 1.82) is 0 Å². The highest BCUT2D eigenvalue weighted by Crippen LogP contribution is 2.24. The predicted molar refractivity (Wildman–Crippen MR) is 110 cm³/mol. The second kappa shape index (κ2) is 7.72. The van der Waals surface area contributed by atoms with Crippen LogP contribution in [0.4, 0.5) is 5.69 Å². The largest absolute Gasteiger partial charge is 0.497 e. The van der Waals surface area contributed by atoms with E-state index in [0.29, 0.717) is 19.4 Å². The normalized spacial score (nSPS) is 16.4. The Labute approximate surface area is 163 Å². The molecule has 1 aliphatic heterocycles. The van der Waals surface area contributed by atoms with Gasteiger partial charge in [-0.25, -0.2) is 0 Å². The number of ether oxygens (including phenoxy) is 1. The molecule has 5 heteroatoms. The van der Waals surface area contributed by atoms with Crippen LogP contribution in [0.25, 0.3) is 10.8 Å². The van der Waals surface area contributed by atoms with Crippen LogP contribution in [0.15, 0.2) is 66.7 Å². The number of benzene rings is 3. The molecule has 1 saturated heterocycles. The van der Waals surface area contributed by atoms with E-state index in [9.17, 15) is 9.59 Å². The zero-order valence-electron chi connectivity index (χ0n) is 15.7. The first-order chi connectivity index (χ1) is 13.6. The van der Waals surface area contributed by atoms with Crippen LogP contribution in [-0.2, 0) is 16.0 Å². The number of nitrogens with one attached hydrogen (secondary N) is 1. The third kappa shape index (κ3) is 3.69. The third-order valence-corrected chi connectivity index (χ3v) is 5.11. The molecule has 0 bridgehead atoms. The molecular formula is C23H22N2O3. The highest BCUT2D eigenvalue weighted by Gasteiger charge is 2.31. The number of hydrogen-bond acceptors (Lipinski definition) is 3. The van der Waals surface area contributed by atoms with E-state index in [1.807, 2.05) is 66.7 Å². The molecule has 28 heavy (non-hydrogen) atoms. The molecule has 2 amide bonds. The van der Waals surface area contributed by atoms with Gasteiger partial charge >= 0.3 is 0 Å². The first kappa shape index (κ1) is 18.0. The van der Waals surface area contributed by atoms with Crippen molar-refractivity contribution in [2.24, 2.45) is 0 Å². The molecule has 0 aliphatic carbocycles. The molecule has 4 rings (SSSR count). The maximum Gasteiger partial charge on any atom is 0.229 e. The number of anilines is 1. The van der Waals surface area contributed by atoms with Crippen molar-refractivity contribution in [3.63, 3.8) is 0 Å². The SMILES string of the molecule is COc1ccc(N2C[C@H](NC(=O)Cc3cccc4ccccc34)CC2=O)cc1. The minimum atomic E-state index is -0.183. The molecule has 1 fully saturated rings. The van der Waals surface area contributed by atoms with Crippen LogP contribution in [0, 0.1) is 0 Å². The molecule has 142 valence electrons. The van der Waals surface area contributed by atoms with E-state index >= 15 is 0 Å². The second-order valence-electron chi connectivity index (χ2n) is 6.99. The predicted octanol–water partition coefficient (Wildman–Crippen LogP) is 3.31. The Morgan fingerprint density at radius 1 is 1.07 bits per heavy atom. The van der Waals surface area contributed by atoms with E-state index in [1.165, 1.54) is 0 Å². The Hall–Kier alpha value is -3.34. The zero-order valence-corrected chi connectivity index (χ0v) is 15.7. The lowest BCUT2D eigenvalue weighted by Crippen LogP contribution is -2.38. The molecule has 0 aromatic heterocycles. The summed E-state index contributed by atoms with van der Waals surface area (Å²) in [5, 5.41) is 5.22. The van der Waals surface area contributed by atoms with Crippen molar-refractivity contribution in [3.8, 4) is 5.75 Å². The Balaban J connectivity index is 1.41. The Kier molecular flexibility index (Phi) is 4.98. The van der Waals surface area contributed by atoms with Crippen molar-refractivity contribution >= 4 is 28.3 Å². The molecule has 0 spiro atoms. The van der Waals surface area contributed by atoms with Crippen molar-refractivity contribution < 1.29 is 14.3 Å². The molecule has 0 unspecified atom stereocenters. The van der Waals surface area contributed by atoms with Gasteiger partial charge in [-0.3, -0.25) is 9.59 Å². The van der Waals surface area contributed by atoms with Gasteiger partial charge in [0.05, 0.1) is 19.6 Å². The van der Waals surface area contributed by atoms with Crippen molar-refractivity contribution in [3.05, 3.63) is 72.3 Å². The van der Waals surface area contributed by atoms with E-state index in [1.54, 1.807) is 12.0 Å². The molecule has 3 aromatic carbocycles. The van der Waals surface area contributed by atoms with Crippen LogP contribution in [0.3, 0.4) is 0 Å². The minimum Gasteiger partial charge on any atom is -0.497 e. The summed E-state index contributed by atoms with van der Waals surface area (Å²) in [6.45, 7) is 0.479. The first-order valence-electron chi connectivity index (χ1n) is 9.34. The van der Waals surface area contributed by atoms with Gasteiger partial charge in [-0.2, -0.15) is 0 Å². The van der Waals surface area contributed by atoms with Gasteiger partial charge in [-0.05, 0) is 40.6 Å². The molecule has 0 saturated carbocycles. The van der Waals surface area contributed by atoms with Crippen LogP contribution < -0.4 is 15.0 Å². The number of carbonyl (C=O) groups excluding carboxylic acids is 2. The lowest BCUT2D eigenvalue weighted by molar-refractivity contribution is -0.121. The number of amides is 2. The van der Waals surface area contributed by atoms with E-state index < -0.39 is 0 Å². The maximum atomic E-state index is 12.6. The average Bonchev–Trinajstić information content (AvgIpc) is 3.08. The number of hydrogen-bond donors (Lipinski definition) is 1. The average molecular weight is 374 g/mol. The number of carbonyl (C=O) groups is 2. The molecule has 5 nitrogen and oxygen atoms in total. The topological polar surface area (TPSA) is 58.6 Å². The van der Waals surface area contributed by atoms with E-state index in [4.69, 9.17) is 4.74 Å². The summed E-state index contributed by atoms with van der Waals surface area (Å²) in [6, 6.07) is 21.2. The standard InChI is InChI=1S/C23H22N2O3/c1-28-20-11-9-19(10-12-20)25-15-18(14-23(25)27)24-22(26)13-17-7-4-6-16-5-2-3-8-21(16)17/h2-12,18H,13-15H2,1H3,(H,24,26)/t18-/m1/s1. The summed E-state index contributed by atoms with van der Waals surface area (Å²) in [5.74, 6) is 0.696. The summed E-state index contributed by atoms with van der Waals surface area (Å²) in [4.78, 5) is 26.7. The van der Waals surface area contributed by atoms with Gasteiger partial charge < -0.3 is 15.0 Å². The fourth-order valence-electron chi connectivity index (χ4n) is 3.71. The molecule has 1 heterocycles. The number of methoxy groups -OCH3 is 1. The summed E-state index contributed by atoms with van der Waals surface area (Å²) in [5.41, 5.74) is 1.81. The van der Waals surface area contributed by atoms with Gasteiger partial charge in [-0.1, -0.05) is 42.5 Å². The van der Waals surface area contributed by atoms with Gasteiger partial charge in [0.25, 0.3) is 0 Å². The van der Waals surface area contributed by atoms with Crippen molar-refractivity contribution in [2.45, 2.75) is 18.9 Å². The van der Waals surface area contributed by atoms with Crippen LogP contribution >= 0.6 is 0 Å². The molecule has 1 N–H and O–H groups in total. The maximum absolute atomic E-state index is 12.6. The first-order valence-corrected chi connectivity index (χ1v) is 9.34. The Morgan fingerprint density at radius 2 is 1.82 bits per heavy atom. The van der Waals surface area contributed by atoms with E-state index in [-0.39, 0.29) is 17.9 Å². The fraction of sp³-hybridized carbons (Fsp3) is 0.217. The highest BCUT2D eigenvalue weighted by atomic mass is 16.5. The van der Waals surface area contributed by atoms with Gasteiger partial charge in [-0.15, -0.1) is 0 Å². The summed E-state index contributed by atoms with van der Waals surface area (Å²) < 4.78 is 5.16. The smallest absolute Gasteiger partial charge is 0.229 e. The van der Waals surface area contributed by atoms with E-state index in [2.05, 4.69) is 5.32 Å². The number of fused-ring (bicyclic) bond motifs is 1. The summed E-state index contributed by atoms with van der Waals surface area (Å²) >= 11 is 0. The Bertz CT molecular complexity index is 1010. The fourth-order valence-corrected chi connectivity index (χ4v) is 3.71. The van der Waals surface area contributed by atoms with Gasteiger partial charge in [0, 0.05) is 18.7 Å². The molecule has 1 aliphatic rings. The van der Waals surface area contributed by atoms with Crippen LogP contribution in [-0.4, -0.2) is 31.5 Å². The molecule has 1 atom stereocenters. The van der Waals surface area contributed by atoms with Gasteiger partial charge in [0.1, 0.15) is 5.75 Å². The van der Waals surface area contributed by atoms with Crippen LogP contribution in [0.5, 0.6) is 5.75 Å². The second-order valence-corrected chi connectivity index (χ2v) is 6.99. The number of nitrogens with zero attached hydrogens (tertiary/aromatic N) is 1. The zero-order chi connectivity index (χ0) is 19.5. The lowest BCUT2D eigenvalue weighted by atomic mass is 10.0. The molecular weight excluding hydrogens is 352 g/mol. The van der Waals surface area contributed by atoms with Gasteiger partial charge in [0.2, 0.25) is 11.8 Å². The number of rotatable bonds is 5. The monoisotopic (exact) mass is 374 g/mol. The van der Waals surface area contributed by atoms with Crippen molar-refractivity contribution in [2.75, 3.05) is 18.6 Å². The summed E-state index contributed by atoms with van der Waals surface area (Å²) in [6.07, 6.45) is 0.613. The quantitative estimate of drug-likeness (QED) is 0.745. The third-order valence-electron chi connectivity index (χ3n) is 5.11.